The number of likely N-dealkylation sites (N-methyl/N-ethyl adjacent to an activating group) is 1. The summed E-state index contributed by atoms with van der Waals surface area (Å²) in [5, 5.41) is 4.06. The summed E-state index contributed by atoms with van der Waals surface area (Å²) in [6.45, 7) is 4.40. The molecule has 0 saturated carbocycles. The lowest BCUT2D eigenvalue weighted by Crippen LogP contribution is -2.27. The molecule has 0 aliphatic rings. The van der Waals surface area contributed by atoms with Gasteiger partial charge in [-0.2, -0.15) is 0 Å². The number of hydrogen-bond donors (Lipinski definition) is 1. The van der Waals surface area contributed by atoms with Gasteiger partial charge in [0.2, 0.25) is 5.91 Å². The monoisotopic (exact) mass is 334 g/mol. The summed E-state index contributed by atoms with van der Waals surface area (Å²) in [5.74, 6) is -0.0370. The summed E-state index contributed by atoms with van der Waals surface area (Å²) in [7, 11) is 3.74. The molecule has 0 fully saturated rings. The molecule has 3 aromatic rings. The highest BCUT2D eigenvalue weighted by atomic mass is 16.2. The molecular weight excluding hydrogens is 312 g/mol. The van der Waals surface area contributed by atoms with Gasteiger partial charge in [-0.1, -0.05) is 12.1 Å². The first-order valence-corrected chi connectivity index (χ1v) is 8.22. The molecule has 25 heavy (non-hydrogen) atoms. The van der Waals surface area contributed by atoms with Crippen LogP contribution < -0.4 is 5.32 Å². The van der Waals surface area contributed by atoms with Crippen molar-refractivity contribution in [1.29, 1.82) is 0 Å². The Morgan fingerprint density at radius 2 is 1.92 bits per heavy atom. The zero-order valence-electron chi connectivity index (χ0n) is 15.0. The molecule has 2 heterocycles. The number of amides is 1. The van der Waals surface area contributed by atoms with Crippen molar-refractivity contribution in [3.8, 4) is 11.4 Å². The Morgan fingerprint density at radius 3 is 2.60 bits per heavy atom. The van der Waals surface area contributed by atoms with Crippen molar-refractivity contribution in [2.45, 2.75) is 13.8 Å². The van der Waals surface area contributed by atoms with Crippen LogP contribution in [0.5, 0.6) is 0 Å². The van der Waals surface area contributed by atoms with E-state index in [0.29, 0.717) is 6.54 Å². The lowest BCUT2D eigenvalue weighted by Gasteiger charge is -2.14. The number of carbonyl (C=O) groups excluding carboxylic acids is 1. The van der Waals surface area contributed by atoms with Crippen molar-refractivity contribution in [1.82, 2.24) is 14.9 Å². The second kappa shape index (κ2) is 6.99. The molecule has 2 aromatic heterocycles. The Bertz CT molecular complexity index is 920. The van der Waals surface area contributed by atoms with E-state index in [-0.39, 0.29) is 5.91 Å². The van der Waals surface area contributed by atoms with Crippen LogP contribution in [0.4, 0.5) is 5.69 Å². The number of nitrogens with zero attached hydrogens (tertiary/aromatic N) is 3. The van der Waals surface area contributed by atoms with E-state index in [4.69, 9.17) is 4.98 Å². The summed E-state index contributed by atoms with van der Waals surface area (Å²) >= 11 is 0. The highest BCUT2D eigenvalue weighted by Crippen LogP contribution is 2.29. The molecule has 0 unspecified atom stereocenters. The second-order valence-corrected chi connectivity index (χ2v) is 6.46. The number of rotatable bonds is 4. The van der Waals surface area contributed by atoms with Gasteiger partial charge in [0.05, 0.1) is 23.4 Å². The van der Waals surface area contributed by atoms with Crippen molar-refractivity contribution < 1.29 is 4.79 Å². The van der Waals surface area contributed by atoms with Gasteiger partial charge in [-0.05, 0) is 63.3 Å². The van der Waals surface area contributed by atoms with E-state index < -0.39 is 0 Å². The van der Waals surface area contributed by atoms with Crippen LogP contribution in [-0.4, -0.2) is 41.4 Å². The number of hydrogen-bond acceptors (Lipinski definition) is 4. The number of aromatic nitrogens is 2. The number of aryl methyl sites for hydroxylation is 2. The summed E-state index contributed by atoms with van der Waals surface area (Å²) in [6.07, 6.45) is 1.77. The van der Waals surface area contributed by atoms with Gasteiger partial charge in [0.1, 0.15) is 0 Å². The minimum Gasteiger partial charge on any atom is -0.325 e. The molecule has 0 radical (unpaired) electrons. The summed E-state index contributed by atoms with van der Waals surface area (Å²) < 4.78 is 0. The van der Waals surface area contributed by atoms with E-state index in [9.17, 15) is 4.79 Å². The fourth-order valence-corrected chi connectivity index (χ4v) is 2.86. The van der Waals surface area contributed by atoms with Gasteiger partial charge in [0.15, 0.2) is 0 Å². The Labute approximate surface area is 147 Å². The predicted molar refractivity (Wildman–Crippen MR) is 102 cm³/mol. The summed E-state index contributed by atoms with van der Waals surface area (Å²) in [4.78, 5) is 23.1. The molecule has 0 spiro atoms. The van der Waals surface area contributed by atoms with E-state index >= 15 is 0 Å². The zero-order valence-corrected chi connectivity index (χ0v) is 15.0. The maximum absolute atomic E-state index is 12.1. The maximum Gasteiger partial charge on any atom is 0.238 e. The van der Waals surface area contributed by atoms with E-state index in [2.05, 4.69) is 23.3 Å². The Morgan fingerprint density at radius 1 is 1.12 bits per heavy atom. The van der Waals surface area contributed by atoms with Gasteiger partial charge in [-0.3, -0.25) is 9.78 Å². The Hall–Kier alpha value is -2.79. The topological polar surface area (TPSA) is 58.1 Å². The largest absolute Gasteiger partial charge is 0.325 e. The highest BCUT2D eigenvalue weighted by Gasteiger charge is 2.12. The van der Waals surface area contributed by atoms with Crippen molar-refractivity contribution in [2.75, 3.05) is 26.0 Å². The smallest absolute Gasteiger partial charge is 0.238 e. The minimum atomic E-state index is -0.0370. The second-order valence-electron chi connectivity index (χ2n) is 6.46. The fraction of sp³-hybridized carbons (Fsp3) is 0.250. The van der Waals surface area contributed by atoms with Gasteiger partial charge in [-0.15, -0.1) is 0 Å². The number of anilines is 1. The first-order chi connectivity index (χ1) is 12.0. The lowest BCUT2D eigenvalue weighted by atomic mass is 10.0. The molecule has 3 rings (SSSR count). The molecule has 0 saturated heterocycles. The molecule has 0 bridgehead atoms. The van der Waals surface area contributed by atoms with Crippen LogP contribution in [-0.2, 0) is 4.79 Å². The number of nitrogens with one attached hydrogen (secondary N) is 1. The van der Waals surface area contributed by atoms with E-state index in [1.807, 2.05) is 56.3 Å². The zero-order chi connectivity index (χ0) is 18.0. The third-order valence-electron chi connectivity index (χ3n) is 4.10. The molecule has 0 atom stereocenters. The molecule has 1 N–H and O–H groups in total. The predicted octanol–water partition coefficient (Wildman–Crippen LogP) is 3.41. The lowest BCUT2D eigenvalue weighted by molar-refractivity contribution is -0.116. The number of carbonyl (C=O) groups is 1. The van der Waals surface area contributed by atoms with Gasteiger partial charge in [0, 0.05) is 17.3 Å². The van der Waals surface area contributed by atoms with Crippen molar-refractivity contribution in [3.05, 3.63) is 53.7 Å². The molecule has 1 amide bonds. The van der Waals surface area contributed by atoms with Gasteiger partial charge in [0.25, 0.3) is 0 Å². The highest BCUT2D eigenvalue weighted by molar-refractivity contribution is 5.97. The molecule has 0 aliphatic carbocycles. The third-order valence-corrected chi connectivity index (χ3v) is 4.10. The first kappa shape index (κ1) is 17.0. The standard InChI is InChI=1S/C20H22N4O/c1-13-11-18(17-7-5-6-10-21-17)23-20-14(2)16(9-8-15(13)20)22-19(25)12-24(3)4/h5-11H,12H2,1-4H3,(H,22,25). The van der Waals surface area contributed by atoms with Crippen LogP contribution in [0.2, 0.25) is 0 Å². The van der Waals surface area contributed by atoms with E-state index in [1.165, 1.54) is 0 Å². The van der Waals surface area contributed by atoms with Crippen LogP contribution in [0.15, 0.2) is 42.6 Å². The number of benzene rings is 1. The quantitative estimate of drug-likeness (QED) is 0.794. The average molecular weight is 334 g/mol. The van der Waals surface area contributed by atoms with E-state index in [1.54, 1.807) is 6.20 Å². The molecule has 0 aliphatic heterocycles. The fourth-order valence-electron chi connectivity index (χ4n) is 2.86. The molecule has 5 heteroatoms. The van der Waals surface area contributed by atoms with Crippen molar-refractivity contribution in [3.63, 3.8) is 0 Å². The first-order valence-electron chi connectivity index (χ1n) is 8.22. The Balaban J connectivity index is 2.06. The van der Waals surface area contributed by atoms with Gasteiger partial charge in [-0.25, -0.2) is 4.98 Å². The molecule has 5 nitrogen and oxygen atoms in total. The molecule has 1 aromatic carbocycles. The van der Waals surface area contributed by atoms with Crippen LogP contribution >= 0.6 is 0 Å². The molecular formula is C20H22N4O. The SMILES string of the molecule is Cc1cc(-c2ccccn2)nc2c(C)c(NC(=O)CN(C)C)ccc12. The van der Waals surface area contributed by atoms with Crippen LogP contribution in [0, 0.1) is 13.8 Å². The van der Waals surface area contributed by atoms with Crippen molar-refractivity contribution >= 4 is 22.5 Å². The Kier molecular flexibility index (Phi) is 4.76. The normalized spacial score (nSPS) is 11.1. The van der Waals surface area contributed by atoms with E-state index in [0.717, 1.165) is 39.1 Å². The molecule has 128 valence electrons. The summed E-state index contributed by atoms with van der Waals surface area (Å²) in [6, 6.07) is 11.8. The number of fused-ring (bicyclic) bond motifs is 1. The van der Waals surface area contributed by atoms with Crippen LogP contribution in [0.25, 0.3) is 22.3 Å². The van der Waals surface area contributed by atoms with Crippen LogP contribution in [0.1, 0.15) is 11.1 Å². The average Bonchev–Trinajstić information content (AvgIpc) is 2.57. The third kappa shape index (κ3) is 3.67. The summed E-state index contributed by atoms with van der Waals surface area (Å²) in [5.41, 5.74) is 5.47. The maximum atomic E-state index is 12.1. The van der Waals surface area contributed by atoms with Crippen LogP contribution in [0.3, 0.4) is 0 Å². The minimum absolute atomic E-state index is 0.0370. The van der Waals surface area contributed by atoms with Crippen molar-refractivity contribution in [2.24, 2.45) is 0 Å². The van der Waals surface area contributed by atoms with Gasteiger partial charge >= 0.3 is 0 Å². The number of pyridine rings is 2. The van der Waals surface area contributed by atoms with Gasteiger partial charge < -0.3 is 10.2 Å².